The molecular formula is C21H24FN3O5S. The number of amides is 2. The fraction of sp³-hybridized carbons (Fsp3) is 0.333. The molecule has 10 heteroatoms. The number of hydrazine groups is 1. The Labute approximate surface area is 180 Å². The van der Waals surface area contributed by atoms with Crippen LogP contribution in [0, 0.1) is 5.82 Å². The number of hydrogen-bond donors (Lipinski definition) is 2. The van der Waals surface area contributed by atoms with Crippen molar-refractivity contribution in [1.82, 2.24) is 15.2 Å². The third-order valence-electron chi connectivity index (χ3n) is 4.97. The number of nitrogens with one attached hydrogen (secondary N) is 2. The topological polar surface area (TPSA) is 105 Å². The summed E-state index contributed by atoms with van der Waals surface area (Å²) in [7, 11) is -2.28. The summed E-state index contributed by atoms with van der Waals surface area (Å²) in [5, 5.41) is 0. The summed E-state index contributed by atoms with van der Waals surface area (Å²) in [6.07, 6.45) is 1.92. The van der Waals surface area contributed by atoms with Crippen LogP contribution in [0.4, 0.5) is 4.39 Å². The highest BCUT2D eigenvalue weighted by atomic mass is 32.2. The third-order valence-corrected chi connectivity index (χ3v) is 6.87. The van der Waals surface area contributed by atoms with Gasteiger partial charge in [0.25, 0.3) is 5.91 Å². The van der Waals surface area contributed by atoms with Gasteiger partial charge >= 0.3 is 0 Å². The van der Waals surface area contributed by atoms with E-state index >= 15 is 0 Å². The predicted molar refractivity (Wildman–Crippen MR) is 111 cm³/mol. The van der Waals surface area contributed by atoms with Gasteiger partial charge in [-0.1, -0.05) is 12.1 Å². The lowest BCUT2D eigenvalue weighted by Gasteiger charge is -2.16. The normalized spacial score (nSPS) is 14.3. The number of carbonyl (C=O) groups excluding carboxylic acids is 2. The van der Waals surface area contributed by atoms with Crippen molar-refractivity contribution in [3.8, 4) is 5.75 Å². The van der Waals surface area contributed by atoms with Crippen molar-refractivity contribution in [1.29, 1.82) is 0 Å². The Morgan fingerprint density at radius 1 is 1.10 bits per heavy atom. The minimum Gasteiger partial charge on any atom is -0.494 e. The number of nitrogens with zero attached hydrogens (tertiary/aromatic N) is 1. The average molecular weight is 450 g/mol. The zero-order valence-corrected chi connectivity index (χ0v) is 17.9. The quantitative estimate of drug-likeness (QED) is 0.630. The van der Waals surface area contributed by atoms with Crippen LogP contribution in [0.1, 0.15) is 35.2 Å². The number of aryl methyl sites for hydroxylation is 1. The van der Waals surface area contributed by atoms with Crippen molar-refractivity contribution in [3.63, 3.8) is 0 Å². The SMILES string of the molecule is COc1ccc(CCC(=O)NNC(=O)c2cccc(S(=O)(=O)N3CCCC3)c2)cc1F. The number of rotatable bonds is 7. The summed E-state index contributed by atoms with van der Waals surface area (Å²) in [5.41, 5.74) is 5.28. The van der Waals surface area contributed by atoms with Gasteiger partial charge in [-0.2, -0.15) is 4.31 Å². The number of hydrogen-bond acceptors (Lipinski definition) is 5. The first-order valence-corrected chi connectivity index (χ1v) is 11.3. The molecule has 2 amide bonds. The first-order chi connectivity index (χ1) is 14.8. The Kier molecular flexibility index (Phi) is 7.24. The fourth-order valence-corrected chi connectivity index (χ4v) is 4.82. The van der Waals surface area contributed by atoms with E-state index in [1.165, 1.54) is 47.8 Å². The molecule has 1 aliphatic heterocycles. The molecule has 0 spiro atoms. The van der Waals surface area contributed by atoms with Crippen molar-refractivity contribution >= 4 is 21.8 Å². The second-order valence-electron chi connectivity index (χ2n) is 7.11. The molecule has 0 radical (unpaired) electrons. The molecular weight excluding hydrogens is 425 g/mol. The van der Waals surface area contributed by atoms with Crippen LogP contribution in [-0.2, 0) is 21.2 Å². The molecule has 2 aromatic rings. The highest BCUT2D eigenvalue weighted by Crippen LogP contribution is 2.21. The van der Waals surface area contributed by atoms with Crippen LogP contribution in [-0.4, -0.2) is 44.7 Å². The third kappa shape index (κ3) is 5.59. The van der Waals surface area contributed by atoms with E-state index in [0.717, 1.165) is 12.8 Å². The van der Waals surface area contributed by atoms with Crippen molar-refractivity contribution in [2.45, 2.75) is 30.6 Å². The Hall–Kier alpha value is -2.98. The average Bonchev–Trinajstić information content (AvgIpc) is 3.32. The first-order valence-electron chi connectivity index (χ1n) is 9.83. The molecule has 0 aromatic heterocycles. The van der Waals surface area contributed by atoms with E-state index < -0.39 is 27.7 Å². The van der Waals surface area contributed by atoms with Crippen molar-refractivity contribution < 1.29 is 27.1 Å². The highest BCUT2D eigenvalue weighted by molar-refractivity contribution is 7.89. The van der Waals surface area contributed by atoms with E-state index in [-0.39, 0.29) is 29.1 Å². The molecule has 1 heterocycles. The molecule has 2 aromatic carbocycles. The van der Waals surface area contributed by atoms with Crippen LogP contribution in [0.25, 0.3) is 0 Å². The van der Waals surface area contributed by atoms with Gasteiger partial charge < -0.3 is 4.74 Å². The lowest BCUT2D eigenvalue weighted by molar-refractivity contribution is -0.121. The smallest absolute Gasteiger partial charge is 0.269 e. The van der Waals surface area contributed by atoms with E-state index in [0.29, 0.717) is 18.7 Å². The van der Waals surface area contributed by atoms with Gasteiger partial charge in [0.05, 0.1) is 12.0 Å². The van der Waals surface area contributed by atoms with Crippen LogP contribution >= 0.6 is 0 Å². The van der Waals surface area contributed by atoms with Gasteiger partial charge in [0.15, 0.2) is 11.6 Å². The predicted octanol–water partition coefficient (Wildman–Crippen LogP) is 2.01. The summed E-state index contributed by atoms with van der Waals surface area (Å²) in [4.78, 5) is 24.4. The van der Waals surface area contributed by atoms with Gasteiger partial charge in [-0.15, -0.1) is 0 Å². The van der Waals surface area contributed by atoms with Gasteiger partial charge in [0.2, 0.25) is 15.9 Å². The maximum Gasteiger partial charge on any atom is 0.269 e. The molecule has 3 rings (SSSR count). The summed E-state index contributed by atoms with van der Waals surface area (Å²) in [6.45, 7) is 0.930. The van der Waals surface area contributed by atoms with Gasteiger partial charge in [-0.05, 0) is 55.2 Å². The summed E-state index contributed by atoms with van der Waals surface area (Å²) >= 11 is 0. The van der Waals surface area contributed by atoms with E-state index in [9.17, 15) is 22.4 Å². The second-order valence-corrected chi connectivity index (χ2v) is 9.05. The van der Waals surface area contributed by atoms with Crippen LogP contribution in [0.2, 0.25) is 0 Å². The van der Waals surface area contributed by atoms with E-state index in [1.807, 2.05) is 0 Å². The fourth-order valence-electron chi connectivity index (χ4n) is 3.26. The van der Waals surface area contributed by atoms with Crippen molar-refractivity contribution in [2.24, 2.45) is 0 Å². The van der Waals surface area contributed by atoms with Gasteiger partial charge in [0.1, 0.15) is 0 Å². The molecule has 166 valence electrons. The minimum absolute atomic E-state index is 0.0232. The molecule has 0 bridgehead atoms. The molecule has 1 saturated heterocycles. The minimum atomic E-state index is -3.65. The van der Waals surface area contributed by atoms with Gasteiger partial charge in [-0.3, -0.25) is 20.4 Å². The van der Waals surface area contributed by atoms with Crippen LogP contribution < -0.4 is 15.6 Å². The lowest BCUT2D eigenvalue weighted by Crippen LogP contribution is -2.41. The number of sulfonamides is 1. The Morgan fingerprint density at radius 3 is 2.52 bits per heavy atom. The first kappa shape index (κ1) is 22.7. The number of ether oxygens (including phenoxy) is 1. The summed E-state index contributed by atoms with van der Waals surface area (Å²) in [5.74, 6) is -1.50. The zero-order valence-electron chi connectivity index (χ0n) is 17.1. The lowest BCUT2D eigenvalue weighted by atomic mass is 10.1. The highest BCUT2D eigenvalue weighted by Gasteiger charge is 2.27. The van der Waals surface area contributed by atoms with Crippen LogP contribution in [0.15, 0.2) is 47.4 Å². The molecule has 2 N–H and O–H groups in total. The zero-order chi connectivity index (χ0) is 22.4. The van der Waals surface area contributed by atoms with Crippen molar-refractivity contribution in [3.05, 3.63) is 59.4 Å². The number of halogens is 1. The molecule has 31 heavy (non-hydrogen) atoms. The molecule has 8 nitrogen and oxygen atoms in total. The maximum atomic E-state index is 13.7. The van der Waals surface area contributed by atoms with E-state index in [1.54, 1.807) is 6.07 Å². The molecule has 0 saturated carbocycles. The standard InChI is InChI=1S/C21H24FN3O5S/c1-30-19-9-7-15(13-18(19)22)8-10-20(26)23-24-21(27)16-5-4-6-17(14-16)31(28,29)25-11-2-3-12-25/h4-7,9,13-14H,2-3,8,10-12H2,1H3,(H,23,26)(H,24,27). The summed E-state index contributed by atoms with van der Waals surface area (Å²) in [6, 6.07) is 10.1. The van der Waals surface area contributed by atoms with Crippen LogP contribution in [0.5, 0.6) is 5.75 Å². The van der Waals surface area contributed by atoms with Crippen molar-refractivity contribution in [2.75, 3.05) is 20.2 Å². The second kappa shape index (κ2) is 9.88. The Bertz CT molecular complexity index is 1070. The van der Waals surface area contributed by atoms with Gasteiger partial charge in [-0.25, -0.2) is 12.8 Å². The molecule has 1 aliphatic rings. The number of methoxy groups -OCH3 is 1. The Morgan fingerprint density at radius 2 is 1.84 bits per heavy atom. The number of carbonyl (C=O) groups is 2. The molecule has 0 aliphatic carbocycles. The number of benzene rings is 2. The van der Waals surface area contributed by atoms with Gasteiger partial charge in [0, 0.05) is 25.1 Å². The molecule has 0 atom stereocenters. The monoisotopic (exact) mass is 449 g/mol. The van der Waals surface area contributed by atoms with E-state index in [4.69, 9.17) is 4.74 Å². The van der Waals surface area contributed by atoms with Crippen LogP contribution in [0.3, 0.4) is 0 Å². The molecule has 0 unspecified atom stereocenters. The summed E-state index contributed by atoms with van der Waals surface area (Å²) < 4.78 is 45.2. The maximum absolute atomic E-state index is 13.7. The Balaban J connectivity index is 1.54. The largest absolute Gasteiger partial charge is 0.494 e. The van der Waals surface area contributed by atoms with E-state index in [2.05, 4.69) is 10.9 Å². The molecule has 1 fully saturated rings.